The van der Waals surface area contributed by atoms with Crippen molar-refractivity contribution in [2.24, 2.45) is 0 Å². The first-order valence-electron chi connectivity index (χ1n) is 12.6. The summed E-state index contributed by atoms with van der Waals surface area (Å²) in [5.74, 6) is -0.832. The Morgan fingerprint density at radius 3 is 2.38 bits per heavy atom. The number of hydrogen-bond donors (Lipinski definition) is 3. The maximum atomic E-state index is 13.1. The fourth-order valence-electron chi connectivity index (χ4n) is 3.73. The molecule has 0 spiro atoms. The molecular formula is C31H23ClN4O3S3. The van der Waals surface area contributed by atoms with Gasteiger partial charge in [0.25, 0.3) is 11.8 Å². The lowest BCUT2D eigenvalue weighted by molar-refractivity contribution is -0.114. The number of thioether (sulfide) groups is 1. The third-order valence-corrected chi connectivity index (χ3v) is 8.57. The zero-order chi connectivity index (χ0) is 29.3. The number of amides is 3. The van der Waals surface area contributed by atoms with Crippen molar-refractivity contribution in [1.82, 2.24) is 10.3 Å². The Morgan fingerprint density at radius 1 is 0.881 bits per heavy atom. The normalized spacial score (nSPS) is 11.1. The third-order valence-electron chi connectivity index (χ3n) is 5.77. The Labute approximate surface area is 259 Å². The van der Waals surface area contributed by atoms with Crippen molar-refractivity contribution in [3.63, 3.8) is 0 Å². The van der Waals surface area contributed by atoms with Gasteiger partial charge < -0.3 is 16.0 Å². The van der Waals surface area contributed by atoms with E-state index in [1.54, 1.807) is 48.5 Å². The fraction of sp³-hybridized carbons (Fsp3) is 0.0323. The molecule has 0 fully saturated rings. The highest BCUT2D eigenvalue weighted by Gasteiger charge is 2.16. The predicted octanol–water partition coefficient (Wildman–Crippen LogP) is 7.67. The van der Waals surface area contributed by atoms with Gasteiger partial charge >= 0.3 is 0 Å². The van der Waals surface area contributed by atoms with Crippen molar-refractivity contribution in [3.05, 3.63) is 123 Å². The molecule has 0 radical (unpaired) electrons. The van der Waals surface area contributed by atoms with Gasteiger partial charge in [-0.15, -0.1) is 23.1 Å². The standard InChI is InChI=1S/C31H23ClN4O3S3/c32-25-9-5-4-8-24(25)27-18-42-31(35-27)36-28(37)19-41-23-12-10-22(11-13-23)33-30(39)26(16-20-14-15-40-17-20)34-29(38)21-6-2-1-3-7-21/h1-18H,19H2,(H,33,39)(H,34,38)(H,35,36,37)/b26-16-. The van der Waals surface area contributed by atoms with E-state index in [0.717, 1.165) is 16.0 Å². The number of carbonyl (C=O) groups is 3. The Balaban J connectivity index is 1.16. The molecule has 0 atom stereocenters. The molecule has 2 heterocycles. The molecule has 0 bridgehead atoms. The molecule has 11 heteroatoms. The van der Waals surface area contributed by atoms with Crippen LogP contribution in [-0.4, -0.2) is 28.5 Å². The third kappa shape index (κ3) is 7.95. The average molecular weight is 631 g/mol. The fourth-order valence-corrected chi connectivity index (χ4v) is 6.00. The van der Waals surface area contributed by atoms with Crippen LogP contribution in [0.15, 0.2) is 112 Å². The van der Waals surface area contributed by atoms with E-state index in [0.29, 0.717) is 27.1 Å². The van der Waals surface area contributed by atoms with Crippen LogP contribution in [-0.2, 0) is 9.59 Å². The number of nitrogens with zero attached hydrogens (tertiary/aromatic N) is 1. The van der Waals surface area contributed by atoms with Crippen LogP contribution in [0.1, 0.15) is 15.9 Å². The van der Waals surface area contributed by atoms with Crippen LogP contribution in [0.4, 0.5) is 10.8 Å². The average Bonchev–Trinajstić information content (AvgIpc) is 3.69. The number of anilines is 2. The zero-order valence-electron chi connectivity index (χ0n) is 21.9. The molecular weight excluding hydrogens is 608 g/mol. The number of halogens is 1. The first kappa shape index (κ1) is 29.3. The van der Waals surface area contributed by atoms with Gasteiger partial charge in [-0.1, -0.05) is 48.0 Å². The van der Waals surface area contributed by atoms with E-state index in [1.807, 2.05) is 58.6 Å². The van der Waals surface area contributed by atoms with Crippen LogP contribution in [0.25, 0.3) is 17.3 Å². The van der Waals surface area contributed by atoms with E-state index in [9.17, 15) is 14.4 Å². The van der Waals surface area contributed by atoms with E-state index in [4.69, 9.17) is 11.6 Å². The Hall–Kier alpha value is -4.22. The van der Waals surface area contributed by atoms with E-state index in [2.05, 4.69) is 20.9 Å². The van der Waals surface area contributed by atoms with Gasteiger partial charge in [0, 0.05) is 32.1 Å². The number of rotatable bonds is 10. The lowest BCUT2D eigenvalue weighted by Gasteiger charge is -2.11. The molecule has 210 valence electrons. The molecule has 3 amide bonds. The predicted molar refractivity (Wildman–Crippen MR) is 173 cm³/mol. The van der Waals surface area contributed by atoms with Crippen molar-refractivity contribution in [3.8, 4) is 11.3 Å². The molecule has 0 aliphatic rings. The molecule has 5 aromatic rings. The second-order valence-corrected chi connectivity index (χ2v) is 11.9. The zero-order valence-corrected chi connectivity index (χ0v) is 25.1. The summed E-state index contributed by atoms with van der Waals surface area (Å²) in [6, 6.07) is 25.1. The van der Waals surface area contributed by atoms with Gasteiger partial charge in [-0.3, -0.25) is 14.4 Å². The van der Waals surface area contributed by atoms with Crippen LogP contribution in [0.2, 0.25) is 5.02 Å². The van der Waals surface area contributed by atoms with Gasteiger partial charge in [-0.2, -0.15) is 11.3 Å². The first-order valence-corrected chi connectivity index (χ1v) is 15.8. The SMILES string of the molecule is O=C(CSc1ccc(NC(=O)/C(=C/c2ccsc2)NC(=O)c2ccccc2)cc1)Nc1nc(-c2ccccc2Cl)cs1. The summed E-state index contributed by atoms with van der Waals surface area (Å²) in [7, 11) is 0. The van der Waals surface area contributed by atoms with Crippen molar-refractivity contribution in [2.45, 2.75) is 4.90 Å². The molecule has 0 aliphatic heterocycles. The Kier molecular flexibility index (Phi) is 9.83. The minimum absolute atomic E-state index is 0.122. The topological polar surface area (TPSA) is 100 Å². The quantitative estimate of drug-likeness (QED) is 0.109. The molecule has 3 N–H and O–H groups in total. The second-order valence-electron chi connectivity index (χ2n) is 8.77. The minimum atomic E-state index is -0.454. The van der Waals surface area contributed by atoms with Crippen LogP contribution in [0, 0.1) is 0 Å². The van der Waals surface area contributed by atoms with E-state index in [-0.39, 0.29) is 23.3 Å². The number of thiazole rings is 1. The molecule has 0 saturated heterocycles. The summed E-state index contributed by atoms with van der Waals surface area (Å²) >= 11 is 10.4. The van der Waals surface area contributed by atoms with Gasteiger partial charge in [-0.05, 0) is 70.9 Å². The van der Waals surface area contributed by atoms with Crippen LogP contribution in [0.5, 0.6) is 0 Å². The summed E-state index contributed by atoms with van der Waals surface area (Å²) < 4.78 is 0. The summed E-state index contributed by atoms with van der Waals surface area (Å²) in [6.45, 7) is 0. The first-order chi connectivity index (χ1) is 20.4. The lowest BCUT2D eigenvalue weighted by atomic mass is 10.2. The summed E-state index contributed by atoms with van der Waals surface area (Å²) in [5, 5.41) is 15.1. The largest absolute Gasteiger partial charge is 0.321 e. The molecule has 5 rings (SSSR count). The highest BCUT2D eigenvalue weighted by Crippen LogP contribution is 2.30. The van der Waals surface area contributed by atoms with Gasteiger partial charge in [0.2, 0.25) is 5.91 Å². The molecule has 3 aromatic carbocycles. The van der Waals surface area contributed by atoms with Crippen LogP contribution < -0.4 is 16.0 Å². The second kappa shape index (κ2) is 14.1. The highest BCUT2D eigenvalue weighted by atomic mass is 35.5. The lowest BCUT2D eigenvalue weighted by Crippen LogP contribution is -2.30. The van der Waals surface area contributed by atoms with Gasteiger partial charge in [0.15, 0.2) is 5.13 Å². The van der Waals surface area contributed by atoms with Gasteiger partial charge in [-0.25, -0.2) is 4.98 Å². The maximum absolute atomic E-state index is 13.1. The summed E-state index contributed by atoms with van der Waals surface area (Å²) in [4.78, 5) is 43.7. The van der Waals surface area contributed by atoms with Gasteiger partial charge in [0.05, 0.1) is 11.4 Å². The van der Waals surface area contributed by atoms with Crippen molar-refractivity contribution in [1.29, 1.82) is 0 Å². The van der Waals surface area contributed by atoms with Crippen LogP contribution in [0.3, 0.4) is 0 Å². The molecule has 7 nitrogen and oxygen atoms in total. The smallest absolute Gasteiger partial charge is 0.272 e. The Morgan fingerprint density at radius 2 is 1.64 bits per heavy atom. The number of hydrogen-bond acceptors (Lipinski definition) is 7. The van der Waals surface area contributed by atoms with Crippen LogP contribution >= 0.6 is 46.0 Å². The van der Waals surface area contributed by atoms with E-state index >= 15 is 0 Å². The highest BCUT2D eigenvalue weighted by molar-refractivity contribution is 8.00. The molecule has 0 saturated carbocycles. The number of carbonyl (C=O) groups excluding carboxylic acids is 3. The van der Waals surface area contributed by atoms with E-state index < -0.39 is 5.91 Å². The molecule has 0 unspecified atom stereocenters. The number of nitrogens with one attached hydrogen (secondary N) is 3. The van der Waals surface area contributed by atoms with Gasteiger partial charge in [0.1, 0.15) is 5.70 Å². The van der Waals surface area contributed by atoms with E-state index in [1.165, 1.54) is 34.4 Å². The number of aromatic nitrogens is 1. The monoisotopic (exact) mass is 630 g/mol. The van der Waals surface area contributed by atoms with Crippen molar-refractivity contribution >= 4 is 80.7 Å². The minimum Gasteiger partial charge on any atom is -0.321 e. The summed E-state index contributed by atoms with van der Waals surface area (Å²) in [6.07, 6.45) is 1.63. The maximum Gasteiger partial charge on any atom is 0.272 e. The molecule has 2 aromatic heterocycles. The summed E-state index contributed by atoms with van der Waals surface area (Å²) in [5.41, 5.74) is 3.44. The molecule has 42 heavy (non-hydrogen) atoms. The Bertz CT molecular complexity index is 1720. The molecule has 0 aliphatic carbocycles. The number of thiophene rings is 1. The van der Waals surface area contributed by atoms with Crippen molar-refractivity contribution < 1.29 is 14.4 Å². The number of benzene rings is 3. The van der Waals surface area contributed by atoms with Crippen molar-refractivity contribution in [2.75, 3.05) is 16.4 Å².